The molecule has 4 rings (SSSR count). The zero-order valence-electron chi connectivity index (χ0n) is 15.5. The molecule has 0 aliphatic carbocycles. The predicted octanol–water partition coefficient (Wildman–Crippen LogP) is 1.70. The van der Waals surface area contributed by atoms with Crippen LogP contribution in [-0.2, 0) is 11.3 Å². The van der Waals surface area contributed by atoms with Gasteiger partial charge in [-0.3, -0.25) is 14.4 Å². The Hall–Kier alpha value is -2.18. The second kappa shape index (κ2) is 7.21. The van der Waals surface area contributed by atoms with Gasteiger partial charge in [0.15, 0.2) is 0 Å². The molecular weight excluding hydrogens is 328 g/mol. The fourth-order valence-electron chi connectivity index (χ4n) is 3.92. The summed E-state index contributed by atoms with van der Waals surface area (Å²) in [5.41, 5.74) is 4.01. The van der Waals surface area contributed by atoms with E-state index in [2.05, 4.69) is 29.1 Å². The second-order valence-electron chi connectivity index (χ2n) is 7.30. The molecule has 2 fully saturated rings. The maximum Gasteiger partial charge on any atom is 0.253 e. The molecule has 0 radical (unpaired) electrons. The summed E-state index contributed by atoms with van der Waals surface area (Å²) < 4.78 is 7.57. The van der Waals surface area contributed by atoms with Gasteiger partial charge < -0.3 is 9.64 Å². The fourth-order valence-corrected chi connectivity index (χ4v) is 3.92. The van der Waals surface area contributed by atoms with E-state index in [4.69, 9.17) is 4.74 Å². The molecule has 2 aliphatic rings. The third-order valence-electron chi connectivity index (χ3n) is 5.33. The van der Waals surface area contributed by atoms with Gasteiger partial charge in [-0.25, -0.2) is 0 Å². The van der Waals surface area contributed by atoms with Crippen LogP contribution in [0.5, 0.6) is 0 Å². The van der Waals surface area contributed by atoms with Gasteiger partial charge in [0.2, 0.25) is 0 Å². The van der Waals surface area contributed by atoms with Crippen molar-refractivity contribution >= 4 is 5.91 Å². The molecule has 0 spiro atoms. The van der Waals surface area contributed by atoms with Crippen molar-refractivity contribution in [3.8, 4) is 0 Å². The maximum absolute atomic E-state index is 13.0. The monoisotopic (exact) mass is 354 g/mol. The average molecular weight is 354 g/mol. The van der Waals surface area contributed by atoms with Gasteiger partial charge in [-0.1, -0.05) is 12.1 Å². The van der Waals surface area contributed by atoms with Crippen molar-refractivity contribution in [2.45, 2.75) is 26.4 Å². The third-order valence-corrected chi connectivity index (χ3v) is 5.33. The minimum Gasteiger partial charge on any atom is -0.378 e. The summed E-state index contributed by atoms with van der Waals surface area (Å²) in [6.45, 7) is 9.72. The molecule has 0 bridgehead atoms. The Kier molecular flexibility index (Phi) is 4.78. The number of rotatable bonds is 3. The molecule has 1 unspecified atom stereocenters. The van der Waals surface area contributed by atoms with Crippen molar-refractivity contribution in [1.82, 2.24) is 19.6 Å². The normalized spacial score (nSPS) is 20.8. The van der Waals surface area contributed by atoms with Crippen LogP contribution in [0.2, 0.25) is 0 Å². The first-order valence-electron chi connectivity index (χ1n) is 9.31. The van der Waals surface area contributed by atoms with Crippen LogP contribution in [0.4, 0.5) is 0 Å². The van der Waals surface area contributed by atoms with Crippen molar-refractivity contribution in [2.75, 3.05) is 39.4 Å². The van der Waals surface area contributed by atoms with Crippen molar-refractivity contribution in [1.29, 1.82) is 0 Å². The van der Waals surface area contributed by atoms with Crippen molar-refractivity contribution in [3.63, 3.8) is 0 Å². The molecule has 1 amide bonds. The Morgan fingerprint density at radius 2 is 2.12 bits per heavy atom. The average Bonchev–Trinajstić information content (AvgIpc) is 2.98. The zero-order chi connectivity index (χ0) is 18.1. The predicted molar refractivity (Wildman–Crippen MR) is 99.3 cm³/mol. The summed E-state index contributed by atoms with van der Waals surface area (Å²) in [7, 11) is 0. The number of carbonyl (C=O) groups is 1. The number of ether oxygens (including phenoxy) is 1. The zero-order valence-corrected chi connectivity index (χ0v) is 15.5. The summed E-state index contributed by atoms with van der Waals surface area (Å²) >= 11 is 0. The van der Waals surface area contributed by atoms with E-state index in [-0.39, 0.29) is 5.91 Å². The molecule has 0 saturated carbocycles. The van der Waals surface area contributed by atoms with Crippen LogP contribution in [0.3, 0.4) is 0 Å². The van der Waals surface area contributed by atoms with Gasteiger partial charge in [-0.05, 0) is 37.6 Å². The van der Waals surface area contributed by atoms with Crippen molar-refractivity contribution in [2.24, 2.45) is 0 Å². The number of fused-ring (bicyclic) bond motifs is 1. The molecule has 1 aromatic heterocycles. The summed E-state index contributed by atoms with van der Waals surface area (Å²) in [4.78, 5) is 17.4. The molecule has 0 N–H and O–H groups in total. The number of hydrogen-bond donors (Lipinski definition) is 0. The quantitative estimate of drug-likeness (QED) is 0.842. The number of morpholine rings is 1. The number of hydrogen-bond acceptors (Lipinski definition) is 4. The number of benzene rings is 1. The van der Waals surface area contributed by atoms with Crippen LogP contribution in [0.15, 0.2) is 30.3 Å². The van der Waals surface area contributed by atoms with E-state index >= 15 is 0 Å². The van der Waals surface area contributed by atoms with Crippen LogP contribution in [0.1, 0.15) is 27.3 Å². The first-order valence-corrected chi connectivity index (χ1v) is 9.31. The summed E-state index contributed by atoms with van der Waals surface area (Å²) in [6.07, 6.45) is 0. The van der Waals surface area contributed by atoms with E-state index in [9.17, 15) is 4.79 Å². The Bertz CT molecular complexity index is 801. The first kappa shape index (κ1) is 17.2. The smallest absolute Gasteiger partial charge is 0.253 e. The largest absolute Gasteiger partial charge is 0.378 e. The van der Waals surface area contributed by atoms with E-state index in [0.717, 1.165) is 61.9 Å². The van der Waals surface area contributed by atoms with Gasteiger partial charge in [0, 0.05) is 37.4 Å². The molecular formula is C20H26N4O2. The summed E-state index contributed by atoms with van der Waals surface area (Å²) in [6, 6.07) is 10.3. The molecule has 138 valence electrons. The van der Waals surface area contributed by atoms with E-state index in [1.165, 1.54) is 0 Å². The lowest BCUT2D eigenvalue weighted by atomic mass is 10.1. The molecule has 26 heavy (non-hydrogen) atoms. The van der Waals surface area contributed by atoms with E-state index < -0.39 is 0 Å². The van der Waals surface area contributed by atoms with Crippen molar-refractivity contribution in [3.05, 3.63) is 52.8 Å². The summed E-state index contributed by atoms with van der Waals surface area (Å²) in [5, 5.41) is 4.52. The highest BCUT2D eigenvalue weighted by Gasteiger charge is 2.31. The SMILES string of the molecule is Cc1cc(C)n(Cc2cccc(C(=O)N3CCN4CCOCC4C3)c2)n1. The van der Waals surface area contributed by atoms with E-state index in [0.29, 0.717) is 12.6 Å². The number of aromatic nitrogens is 2. The lowest BCUT2D eigenvalue weighted by Crippen LogP contribution is -2.59. The number of amides is 1. The van der Waals surface area contributed by atoms with Crippen LogP contribution in [0, 0.1) is 13.8 Å². The molecule has 2 saturated heterocycles. The molecule has 6 nitrogen and oxygen atoms in total. The Balaban J connectivity index is 1.47. The number of aryl methyl sites for hydroxylation is 2. The first-order chi connectivity index (χ1) is 12.6. The molecule has 1 aromatic carbocycles. The van der Waals surface area contributed by atoms with Crippen LogP contribution < -0.4 is 0 Å². The van der Waals surface area contributed by atoms with Gasteiger partial charge in [-0.2, -0.15) is 5.10 Å². The minimum atomic E-state index is 0.116. The third kappa shape index (κ3) is 3.52. The molecule has 3 heterocycles. The number of nitrogens with zero attached hydrogens (tertiary/aromatic N) is 4. The highest BCUT2D eigenvalue weighted by Crippen LogP contribution is 2.17. The molecule has 1 atom stereocenters. The second-order valence-corrected chi connectivity index (χ2v) is 7.30. The van der Waals surface area contributed by atoms with E-state index in [1.54, 1.807) is 0 Å². The Morgan fingerprint density at radius 1 is 1.23 bits per heavy atom. The highest BCUT2D eigenvalue weighted by atomic mass is 16.5. The maximum atomic E-state index is 13.0. The topological polar surface area (TPSA) is 50.6 Å². The van der Waals surface area contributed by atoms with Crippen LogP contribution in [-0.4, -0.2) is 70.9 Å². The lowest BCUT2D eigenvalue weighted by Gasteiger charge is -2.43. The number of carbonyl (C=O) groups excluding carboxylic acids is 1. The van der Waals surface area contributed by atoms with Gasteiger partial charge in [0.25, 0.3) is 5.91 Å². The van der Waals surface area contributed by atoms with Crippen LogP contribution in [0.25, 0.3) is 0 Å². The molecule has 6 heteroatoms. The standard InChI is InChI=1S/C20H26N4O2/c1-15-10-16(2)24(21-15)12-17-4-3-5-18(11-17)20(25)23-7-6-22-8-9-26-14-19(22)13-23/h3-5,10-11,19H,6-9,12-14H2,1-2H3. The van der Waals surface area contributed by atoms with Crippen LogP contribution >= 0.6 is 0 Å². The van der Waals surface area contributed by atoms with E-state index in [1.807, 2.05) is 34.7 Å². The molecule has 2 aromatic rings. The van der Waals surface area contributed by atoms with Gasteiger partial charge in [0.05, 0.1) is 31.5 Å². The number of piperazine rings is 1. The lowest BCUT2D eigenvalue weighted by molar-refractivity contribution is -0.0395. The highest BCUT2D eigenvalue weighted by molar-refractivity contribution is 5.94. The minimum absolute atomic E-state index is 0.116. The summed E-state index contributed by atoms with van der Waals surface area (Å²) in [5.74, 6) is 0.116. The Labute approximate surface area is 154 Å². The fraction of sp³-hybridized carbons (Fsp3) is 0.500. The Morgan fingerprint density at radius 3 is 2.92 bits per heavy atom. The van der Waals surface area contributed by atoms with Gasteiger partial charge >= 0.3 is 0 Å². The van der Waals surface area contributed by atoms with Gasteiger partial charge in [-0.15, -0.1) is 0 Å². The molecule has 2 aliphatic heterocycles. The van der Waals surface area contributed by atoms with Crippen molar-refractivity contribution < 1.29 is 9.53 Å². The van der Waals surface area contributed by atoms with Gasteiger partial charge in [0.1, 0.15) is 0 Å².